The van der Waals surface area contributed by atoms with E-state index in [1.165, 1.54) is 21.2 Å². The number of nitrogens with zero attached hydrogens (tertiary/aromatic N) is 2. The Morgan fingerprint density at radius 1 is 0.500 bits per heavy atom. The molecular formula is C38H22N2OS. The zero-order chi connectivity index (χ0) is 27.6. The first-order chi connectivity index (χ1) is 20.8. The maximum absolute atomic E-state index is 6.52. The summed E-state index contributed by atoms with van der Waals surface area (Å²) in [5, 5.41) is 5.61. The predicted octanol–water partition coefficient (Wildman–Crippen LogP) is 10.9. The van der Waals surface area contributed by atoms with E-state index in [2.05, 4.69) is 127 Å². The molecule has 0 unspecified atom stereocenters. The zero-order valence-electron chi connectivity index (χ0n) is 22.4. The Hall–Kier alpha value is -5.32. The van der Waals surface area contributed by atoms with Crippen LogP contribution in [0, 0.1) is 0 Å². The maximum atomic E-state index is 6.52. The van der Waals surface area contributed by atoms with Crippen molar-refractivity contribution in [3.05, 3.63) is 133 Å². The molecule has 42 heavy (non-hydrogen) atoms. The maximum Gasteiger partial charge on any atom is 0.160 e. The summed E-state index contributed by atoms with van der Waals surface area (Å²) < 4.78 is 8.84. The summed E-state index contributed by atoms with van der Waals surface area (Å²) in [5.74, 6) is 0.713. The Kier molecular flexibility index (Phi) is 5.07. The molecule has 0 N–H and O–H groups in total. The molecule has 6 aromatic carbocycles. The van der Waals surface area contributed by atoms with Gasteiger partial charge in [-0.25, -0.2) is 9.97 Å². The van der Waals surface area contributed by atoms with E-state index in [-0.39, 0.29) is 0 Å². The lowest BCUT2D eigenvalue weighted by Gasteiger charge is -2.08. The molecular weight excluding hydrogens is 532 g/mol. The van der Waals surface area contributed by atoms with Crippen molar-refractivity contribution >= 4 is 64.4 Å². The molecule has 0 amide bonds. The third kappa shape index (κ3) is 3.52. The van der Waals surface area contributed by atoms with Gasteiger partial charge in [-0.2, -0.15) is 0 Å². The average molecular weight is 555 g/mol. The van der Waals surface area contributed by atoms with Gasteiger partial charge in [-0.3, -0.25) is 0 Å². The van der Waals surface area contributed by atoms with Gasteiger partial charge < -0.3 is 4.42 Å². The molecule has 9 aromatic rings. The standard InChI is InChI=1S/C38H22N2OS/c1-3-11-23(12-4-1)29-22-31-30-21-25(19-20-32(30)41-36(31)27-16-8-7-15-26(27)29)38-39-34(24-13-5-2-6-14-24)37-35(40-38)28-17-9-10-18-33(28)42-37/h1-22H. The van der Waals surface area contributed by atoms with Gasteiger partial charge in [0.1, 0.15) is 11.2 Å². The second-order valence-corrected chi connectivity index (χ2v) is 11.6. The van der Waals surface area contributed by atoms with Crippen molar-refractivity contribution in [2.24, 2.45) is 0 Å². The van der Waals surface area contributed by atoms with Crippen LogP contribution in [0.25, 0.3) is 86.8 Å². The van der Waals surface area contributed by atoms with E-state index >= 15 is 0 Å². The fourth-order valence-electron chi connectivity index (χ4n) is 6.11. The van der Waals surface area contributed by atoms with Crippen LogP contribution in [0.15, 0.2) is 138 Å². The summed E-state index contributed by atoms with van der Waals surface area (Å²) in [6.07, 6.45) is 0. The lowest BCUT2D eigenvalue weighted by atomic mass is 9.95. The number of hydrogen-bond acceptors (Lipinski definition) is 4. The third-order valence-corrected chi connectivity index (χ3v) is 9.25. The third-order valence-electron chi connectivity index (χ3n) is 8.09. The van der Waals surface area contributed by atoms with E-state index < -0.39 is 0 Å². The minimum absolute atomic E-state index is 0.713. The number of benzene rings is 6. The van der Waals surface area contributed by atoms with Crippen LogP contribution in [0.4, 0.5) is 0 Å². The smallest absolute Gasteiger partial charge is 0.160 e. The molecule has 0 bridgehead atoms. The molecule has 3 nitrogen and oxygen atoms in total. The van der Waals surface area contributed by atoms with Crippen molar-refractivity contribution in [2.45, 2.75) is 0 Å². The molecule has 0 radical (unpaired) electrons. The lowest BCUT2D eigenvalue weighted by Crippen LogP contribution is -1.93. The highest BCUT2D eigenvalue weighted by Crippen LogP contribution is 2.42. The van der Waals surface area contributed by atoms with Crippen LogP contribution in [-0.2, 0) is 0 Å². The van der Waals surface area contributed by atoms with Gasteiger partial charge in [-0.15, -0.1) is 11.3 Å². The van der Waals surface area contributed by atoms with E-state index in [4.69, 9.17) is 14.4 Å². The Labute approximate surface area is 245 Å². The molecule has 0 aliphatic rings. The van der Waals surface area contributed by atoms with Crippen molar-refractivity contribution < 1.29 is 4.42 Å². The van der Waals surface area contributed by atoms with Crippen molar-refractivity contribution in [3.8, 4) is 33.8 Å². The number of furan rings is 1. The van der Waals surface area contributed by atoms with E-state index in [1.807, 2.05) is 6.07 Å². The van der Waals surface area contributed by atoms with Gasteiger partial charge in [0.2, 0.25) is 0 Å². The summed E-state index contributed by atoms with van der Waals surface area (Å²) in [6, 6.07) is 46.6. The van der Waals surface area contributed by atoms with Crippen LogP contribution in [0.1, 0.15) is 0 Å². The van der Waals surface area contributed by atoms with E-state index in [0.717, 1.165) is 59.7 Å². The molecule has 4 heteroatoms. The van der Waals surface area contributed by atoms with Crippen molar-refractivity contribution in [1.82, 2.24) is 9.97 Å². The molecule has 9 rings (SSSR count). The molecule has 196 valence electrons. The minimum atomic E-state index is 0.713. The molecule has 0 aliphatic carbocycles. The van der Waals surface area contributed by atoms with Crippen LogP contribution in [0.5, 0.6) is 0 Å². The van der Waals surface area contributed by atoms with Crippen LogP contribution in [0.2, 0.25) is 0 Å². The fraction of sp³-hybridized carbons (Fsp3) is 0. The molecule has 0 saturated carbocycles. The topological polar surface area (TPSA) is 38.9 Å². The second kappa shape index (κ2) is 9.10. The summed E-state index contributed by atoms with van der Waals surface area (Å²) in [6.45, 7) is 0. The lowest BCUT2D eigenvalue weighted by molar-refractivity contribution is 0.672. The van der Waals surface area contributed by atoms with Crippen LogP contribution < -0.4 is 0 Å². The SMILES string of the molecule is c1ccc(-c2cc3c4cc(-c5nc(-c6ccccc6)c6sc7ccccc7c6n5)ccc4oc3c3ccccc23)cc1. The zero-order valence-corrected chi connectivity index (χ0v) is 23.2. The molecule has 3 heterocycles. The second-order valence-electron chi connectivity index (χ2n) is 10.6. The van der Waals surface area contributed by atoms with Gasteiger partial charge in [0, 0.05) is 37.4 Å². The van der Waals surface area contributed by atoms with Gasteiger partial charge in [-0.1, -0.05) is 103 Å². The Morgan fingerprint density at radius 3 is 2.00 bits per heavy atom. The predicted molar refractivity (Wildman–Crippen MR) is 176 cm³/mol. The summed E-state index contributed by atoms with van der Waals surface area (Å²) in [4.78, 5) is 10.4. The summed E-state index contributed by atoms with van der Waals surface area (Å²) in [7, 11) is 0. The number of fused-ring (bicyclic) bond motifs is 8. The highest BCUT2D eigenvalue weighted by atomic mass is 32.1. The molecule has 0 saturated heterocycles. The van der Waals surface area contributed by atoms with E-state index in [1.54, 1.807) is 11.3 Å². The van der Waals surface area contributed by atoms with E-state index in [0.29, 0.717) is 5.82 Å². The molecule has 0 atom stereocenters. The van der Waals surface area contributed by atoms with Gasteiger partial charge in [-0.05, 0) is 46.8 Å². The van der Waals surface area contributed by atoms with Gasteiger partial charge in [0.15, 0.2) is 5.82 Å². The number of aromatic nitrogens is 2. The first kappa shape index (κ1) is 23.4. The molecule has 3 aromatic heterocycles. The van der Waals surface area contributed by atoms with E-state index in [9.17, 15) is 0 Å². The van der Waals surface area contributed by atoms with Gasteiger partial charge in [0.25, 0.3) is 0 Å². The van der Waals surface area contributed by atoms with Crippen molar-refractivity contribution in [3.63, 3.8) is 0 Å². The number of thiophene rings is 1. The Bertz CT molecular complexity index is 2460. The van der Waals surface area contributed by atoms with Crippen molar-refractivity contribution in [2.75, 3.05) is 0 Å². The Balaban J connectivity index is 1.33. The number of hydrogen-bond donors (Lipinski definition) is 0. The molecule has 0 spiro atoms. The molecule has 0 fully saturated rings. The van der Waals surface area contributed by atoms with Crippen LogP contribution in [-0.4, -0.2) is 9.97 Å². The Morgan fingerprint density at radius 2 is 1.19 bits per heavy atom. The monoisotopic (exact) mass is 554 g/mol. The number of rotatable bonds is 3. The van der Waals surface area contributed by atoms with Gasteiger partial charge in [0.05, 0.1) is 15.9 Å². The van der Waals surface area contributed by atoms with Crippen molar-refractivity contribution in [1.29, 1.82) is 0 Å². The van der Waals surface area contributed by atoms with Gasteiger partial charge >= 0.3 is 0 Å². The highest BCUT2D eigenvalue weighted by molar-refractivity contribution is 7.26. The average Bonchev–Trinajstić information content (AvgIpc) is 3.63. The first-order valence-electron chi connectivity index (χ1n) is 14.0. The molecule has 0 aliphatic heterocycles. The highest BCUT2D eigenvalue weighted by Gasteiger charge is 2.19. The summed E-state index contributed by atoms with van der Waals surface area (Å²) in [5.41, 5.74) is 8.16. The minimum Gasteiger partial charge on any atom is -0.455 e. The largest absolute Gasteiger partial charge is 0.455 e. The van der Waals surface area contributed by atoms with Crippen LogP contribution >= 0.6 is 11.3 Å². The quantitative estimate of drug-likeness (QED) is 0.218. The normalized spacial score (nSPS) is 11.8. The first-order valence-corrected chi connectivity index (χ1v) is 14.8. The van der Waals surface area contributed by atoms with Crippen LogP contribution in [0.3, 0.4) is 0 Å². The fourth-order valence-corrected chi connectivity index (χ4v) is 7.26. The summed E-state index contributed by atoms with van der Waals surface area (Å²) >= 11 is 1.75.